The number of sulfonamides is 1. The first-order valence-electron chi connectivity index (χ1n) is 5.15. The Kier molecular flexibility index (Phi) is 4.34. The second kappa shape index (κ2) is 5.09. The molecule has 1 atom stereocenters. The average Bonchev–Trinajstić information content (AvgIpc) is 2.15. The van der Waals surface area contributed by atoms with E-state index in [9.17, 15) is 8.42 Å². The summed E-state index contributed by atoms with van der Waals surface area (Å²) in [5, 5.41) is 0. The lowest BCUT2D eigenvalue weighted by Gasteiger charge is -2.32. The molecule has 0 saturated carbocycles. The van der Waals surface area contributed by atoms with Crippen LogP contribution < -0.4 is 0 Å². The van der Waals surface area contributed by atoms with Gasteiger partial charge in [-0.15, -0.1) is 0 Å². The topological polar surface area (TPSA) is 46.6 Å². The molecule has 1 aliphatic heterocycles. The maximum Gasteiger partial charge on any atom is 0.214 e. The van der Waals surface area contributed by atoms with Gasteiger partial charge in [-0.1, -0.05) is 13.3 Å². The first-order valence-corrected chi connectivity index (χ1v) is 6.76. The molecule has 1 saturated heterocycles. The molecule has 0 aliphatic carbocycles. The number of morpholine rings is 1. The van der Waals surface area contributed by atoms with Gasteiger partial charge in [0.25, 0.3) is 0 Å². The Morgan fingerprint density at radius 2 is 2.21 bits per heavy atom. The average molecular weight is 221 g/mol. The predicted molar refractivity (Wildman–Crippen MR) is 55.7 cm³/mol. The van der Waals surface area contributed by atoms with E-state index in [1.54, 1.807) is 4.31 Å². The summed E-state index contributed by atoms with van der Waals surface area (Å²) < 4.78 is 30.4. The second-order valence-corrected chi connectivity index (χ2v) is 5.75. The van der Waals surface area contributed by atoms with E-state index in [-0.39, 0.29) is 11.8 Å². The van der Waals surface area contributed by atoms with Gasteiger partial charge in [0.15, 0.2) is 0 Å². The zero-order valence-electron chi connectivity index (χ0n) is 8.90. The molecule has 0 N–H and O–H groups in total. The molecule has 0 aromatic carbocycles. The van der Waals surface area contributed by atoms with Crippen molar-refractivity contribution in [1.82, 2.24) is 4.31 Å². The molecule has 4 nitrogen and oxygen atoms in total. The van der Waals surface area contributed by atoms with Crippen LogP contribution in [0.5, 0.6) is 0 Å². The zero-order valence-corrected chi connectivity index (χ0v) is 9.72. The van der Waals surface area contributed by atoms with E-state index in [4.69, 9.17) is 4.74 Å². The normalized spacial score (nSPS) is 25.1. The standard InChI is InChI=1S/C9H19NO3S/c1-3-4-7-14(11,12)10-5-6-13-8-9(10)2/h9H,3-8H2,1-2H3. The Labute approximate surface area is 86.3 Å². The molecule has 1 rings (SSSR count). The van der Waals surface area contributed by atoms with Crippen molar-refractivity contribution in [2.24, 2.45) is 0 Å². The molecule has 1 fully saturated rings. The van der Waals surface area contributed by atoms with Crippen LogP contribution in [0, 0.1) is 0 Å². The highest BCUT2D eigenvalue weighted by atomic mass is 32.2. The van der Waals surface area contributed by atoms with Gasteiger partial charge in [-0.2, -0.15) is 4.31 Å². The summed E-state index contributed by atoms with van der Waals surface area (Å²) in [7, 11) is -3.04. The summed E-state index contributed by atoms with van der Waals surface area (Å²) >= 11 is 0. The molecular weight excluding hydrogens is 202 g/mol. The van der Waals surface area contributed by atoms with E-state index in [0.717, 1.165) is 12.8 Å². The van der Waals surface area contributed by atoms with Crippen molar-refractivity contribution < 1.29 is 13.2 Å². The largest absolute Gasteiger partial charge is 0.378 e. The summed E-state index contributed by atoms with van der Waals surface area (Å²) in [5.41, 5.74) is 0. The van der Waals surface area contributed by atoms with Crippen LogP contribution in [0.1, 0.15) is 26.7 Å². The van der Waals surface area contributed by atoms with Crippen LogP contribution >= 0.6 is 0 Å². The van der Waals surface area contributed by atoms with Gasteiger partial charge in [0, 0.05) is 12.6 Å². The molecule has 84 valence electrons. The van der Waals surface area contributed by atoms with Crippen LogP contribution in [0.4, 0.5) is 0 Å². The van der Waals surface area contributed by atoms with E-state index in [1.807, 2.05) is 13.8 Å². The highest BCUT2D eigenvalue weighted by molar-refractivity contribution is 7.89. The lowest BCUT2D eigenvalue weighted by molar-refractivity contribution is 0.0393. The third-order valence-corrected chi connectivity index (χ3v) is 4.48. The SMILES string of the molecule is CCCCS(=O)(=O)N1CCOCC1C. The number of hydrogen-bond acceptors (Lipinski definition) is 3. The fourth-order valence-electron chi connectivity index (χ4n) is 1.57. The minimum absolute atomic E-state index is 0.00870. The van der Waals surface area contributed by atoms with Gasteiger partial charge in [0.05, 0.1) is 19.0 Å². The Hall–Kier alpha value is -0.130. The highest BCUT2D eigenvalue weighted by Gasteiger charge is 2.29. The van der Waals surface area contributed by atoms with Crippen LogP contribution in [-0.4, -0.2) is 44.3 Å². The van der Waals surface area contributed by atoms with Crippen molar-refractivity contribution >= 4 is 10.0 Å². The van der Waals surface area contributed by atoms with Crippen molar-refractivity contribution in [3.8, 4) is 0 Å². The lowest BCUT2D eigenvalue weighted by atomic mass is 10.3. The Balaban J connectivity index is 2.60. The van der Waals surface area contributed by atoms with E-state index >= 15 is 0 Å². The molecule has 1 aliphatic rings. The molecule has 0 aromatic rings. The predicted octanol–water partition coefficient (Wildman–Crippen LogP) is 0.837. The van der Waals surface area contributed by atoms with Crippen molar-refractivity contribution in [3.63, 3.8) is 0 Å². The maximum absolute atomic E-state index is 11.8. The van der Waals surface area contributed by atoms with Gasteiger partial charge >= 0.3 is 0 Å². The molecular formula is C9H19NO3S. The van der Waals surface area contributed by atoms with Crippen molar-refractivity contribution in [2.45, 2.75) is 32.7 Å². The number of ether oxygens (including phenoxy) is 1. The first-order chi connectivity index (χ1) is 6.58. The maximum atomic E-state index is 11.8. The molecule has 0 radical (unpaired) electrons. The molecule has 5 heteroatoms. The minimum Gasteiger partial charge on any atom is -0.378 e. The third kappa shape index (κ3) is 2.93. The monoisotopic (exact) mass is 221 g/mol. The molecule has 1 heterocycles. The van der Waals surface area contributed by atoms with Gasteiger partial charge < -0.3 is 4.74 Å². The minimum atomic E-state index is -3.04. The molecule has 0 bridgehead atoms. The second-order valence-electron chi connectivity index (χ2n) is 3.70. The van der Waals surface area contributed by atoms with E-state index < -0.39 is 10.0 Å². The van der Waals surface area contributed by atoms with Crippen molar-refractivity contribution in [2.75, 3.05) is 25.5 Å². The Bertz CT molecular complexity index is 263. The van der Waals surface area contributed by atoms with Crippen molar-refractivity contribution in [3.05, 3.63) is 0 Å². The third-order valence-electron chi connectivity index (χ3n) is 2.42. The molecule has 1 unspecified atom stereocenters. The number of hydrogen-bond donors (Lipinski definition) is 0. The quantitative estimate of drug-likeness (QED) is 0.706. The smallest absolute Gasteiger partial charge is 0.214 e. The van der Waals surface area contributed by atoms with Crippen LogP contribution in [0.2, 0.25) is 0 Å². The number of nitrogens with zero attached hydrogens (tertiary/aromatic N) is 1. The van der Waals surface area contributed by atoms with Crippen molar-refractivity contribution in [1.29, 1.82) is 0 Å². The molecule has 14 heavy (non-hydrogen) atoms. The molecule has 0 amide bonds. The van der Waals surface area contributed by atoms with Gasteiger partial charge in [-0.05, 0) is 13.3 Å². The molecule has 0 spiro atoms. The molecule has 0 aromatic heterocycles. The van der Waals surface area contributed by atoms with Crippen LogP contribution in [0.25, 0.3) is 0 Å². The van der Waals surface area contributed by atoms with Crippen LogP contribution in [-0.2, 0) is 14.8 Å². The highest BCUT2D eigenvalue weighted by Crippen LogP contribution is 2.13. The van der Waals surface area contributed by atoms with E-state index in [2.05, 4.69) is 0 Å². The Morgan fingerprint density at radius 1 is 1.50 bits per heavy atom. The van der Waals surface area contributed by atoms with Gasteiger partial charge in [-0.25, -0.2) is 8.42 Å². The van der Waals surface area contributed by atoms with Crippen LogP contribution in [0.15, 0.2) is 0 Å². The van der Waals surface area contributed by atoms with Gasteiger partial charge in [0.1, 0.15) is 0 Å². The fraction of sp³-hybridized carbons (Fsp3) is 1.00. The lowest BCUT2D eigenvalue weighted by Crippen LogP contribution is -2.47. The fourth-order valence-corrected chi connectivity index (χ4v) is 3.42. The Morgan fingerprint density at radius 3 is 2.79 bits per heavy atom. The van der Waals surface area contributed by atoms with Crippen LogP contribution in [0.3, 0.4) is 0 Å². The number of rotatable bonds is 4. The summed E-state index contributed by atoms with van der Waals surface area (Å²) in [6, 6.07) is -0.00870. The van der Waals surface area contributed by atoms with E-state index in [1.165, 1.54) is 0 Å². The van der Waals surface area contributed by atoms with E-state index in [0.29, 0.717) is 19.8 Å². The van der Waals surface area contributed by atoms with Gasteiger partial charge in [0.2, 0.25) is 10.0 Å². The number of unbranched alkanes of at least 4 members (excludes halogenated alkanes) is 1. The first kappa shape index (κ1) is 11.9. The summed E-state index contributed by atoms with van der Waals surface area (Å²) in [4.78, 5) is 0. The van der Waals surface area contributed by atoms with Gasteiger partial charge in [-0.3, -0.25) is 0 Å². The summed E-state index contributed by atoms with van der Waals surface area (Å²) in [6.07, 6.45) is 1.66. The zero-order chi connectivity index (χ0) is 10.6. The summed E-state index contributed by atoms with van der Waals surface area (Å²) in [6.45, 7) is 5.44. The summed E-state index contributed by atoms with van der Waals surface area (Å²) in [5.74, 6) is 0.272.